The number of hydrogen-bond donors (Lipinski definition) is 1. The Bertz CT molecular complexity index is 2070. The van der Waals surface area contributed by atoms with E-state index in [1.54, 1.807) is 18.2 Å². The molecule has 5 heterocycles. The number of anilines is 3. The van der Waals surface area contributed by atoms with E-state index in [4.69, 9.17) is 18.2 Å². The molecular formula is C40H41ClN8O5. The van der Waals surface area contributed by atoms with Crippen LogP contribution in [0.25, 0.3) is 4.85 Å². The van der Waals surface area contributed by atoms with Gasteiger partial charge in [-0.25, -0.2) is 4.85 Å². The van der Waals surface area contributed by atoms with E-state index in [9.17, 15) is 24.0 Å². The molecule has 1 N–H and O–H groups in total. The molecule has 278 valence electrons. The van der Waals surface area contributed by atoms with E-state index in [0.29, 0.717) is 41.4 Å². The molecule has 2 atom stereocenters. The lowest BCUT2D eigenvalue weighted by Crippen LogP contribution is -2.63. The van der Waals surface area contributed by atoms with Gasteiger partial charge in [0, 0.05) is 105 Å². The van der Waals surface area contributed by atoms with Crippen molar-refractivity contribution in [2.75, 3.05) is 73.6 Å². The Kier molecular flexibility index (Phi) is 9.49. The number of nitrogens with one attached hydrogen (secondary N) is 1. The van der Waals surface area contributed by atoms with Gasteiger partial charge in [0.1, 0.15) is 6.04 Å². The van der Waals surface area contributed by atoms with Crippen molar-refractivity contribution < 1.29 is 24.0 Å². The standard InChI is InChI=1S/C40H41ClN8O5/c1-25-13-14-44(19-20-48(25)29-8-10-34(42-2)33(41)22-29)27-5-3-26(4-6-27)38(52)46-17-15-45(16-18-46)30-23-47(24-30)28-7-9-31-32(21-28)40(54)49(39(31)53)35-11-12-36(50)43-37(35)51/h3-10,21-22,25,30,35H,11-20,23-24H2,1H3,(H,43,50,51)/t25-,35?/m0/s1. The zero-order valence-electron chi connectivity index (χ0n) is 30.0. The number of piperazine rings is 1. The van der Waals surface area contributed by atoms with Gasteiger partial charge in [-0.2, -0.15) is 0 Å². The number of benzene rings is 3. The predicted octanol–water partition coefficient (Wildman–Crippen LogP) is 4.04. The number of amides is 5. The van der Waals surface area contributed by atoms with Crippen molar-refractivity contribution in [3.63, 3.8) is 0 Å². The number of rotatable bonds is 6. The molecule has 8 rings (SSSR count). The summed E-state index contributed by atoms with van der Waals surface area (Å²) >= 11 is 6.35. The molecule has 1 unspecified atom stereocenters. The summed E-state index contributed by atoms with van der Waals surface area (Å²) in [5.41, 5.74) is 4.66. The van der Waals surface area contributed by atoms with Gasteiger partial charge in [-0.3, -0.25) is 39.1 Å². The number of halogens is 1. The first-order valence-electron chi connectivity index (χ1n) is 18.5. The Morgan fingerprint density at radius 3 is 2.19 bits per heavy atom. The van der Waals surface area contributed by atoms with E-state index >= 15 is 0 Å². The lowest BCUT2D eigenvalue weighted by atomic mass is 10.0. The highest BCUT2D eigenvalue weighted by Gasteiger charge is 2.45. The average Bonchev–Trinajstić information content (AvgIpc) is 3.26. The van der Waals surface area contributed by atoms with Crippen LogP contribution in [0.3, 0.4) is 0 Å². The third-order valence-corrected chi connectivity index (χ3v) is 11.9. The third kappa shape index (κ3) is 6.54. The van der Waals surface area contributed by atoms with Crippen LogP contribution in [0.1, 0.15) is 57.3 Å². The topological polar surface area (TPSA) is 121 Å². The fourth-order valence-electron chi connectivity index (χ4n) is 8.31. The highest BCUT2D eigenvalue weighted by molar-refractivity contribution is 6.33. The van der Waals surface area contributed by atoms with Crippen LogP contribution < -0.4 is 20.0 Å². The van der Waals surface area contributed by atoms with Crippen LogP contribution in [0.15, 0.2) is 60.7 Å². The van der Waals surface area contributed by atoms with Crippen molar-refractivity contribution in [2.45, 2.75) is 44.3 Å². The van der Waals surface area contributed by atoms with Gasteiger partial charge in [0.2, 0.25) is 17.5 Å². The summed E-state index contributed by atoms with van der Waals surface area (Å²) in [6, 6.07) is 18.5. The number of nitrogens with zero attached hydrogens (tertiary/aromatic N) is 7. The average molecular weight is 749 g/mol. The minimum absolute atomic E-state index is 0.0375. The zero-order chi connectivity index (χ0) is 37.7. The maximum absolute atomic E-state index is 13.5. The summed E-state index contributed by atoms with van der Waals surface area (Å²) in [7, 11) is 0. The predicted molar refractivity (Wildman–Crippen MR) is 204 cm³/mol. The normalized spacial score (nSPS) is 22.5. The van der Waals surface area contributed by atoms with Gasteiger partial charge >= 0.3 is 0 Å². The molecule has 0 bridgehead atoms. The first-order valence-corrected chi connectivity index (χ1v) is 18.9. The lowest BCUT2D eigenvalue weighted by Gasteiger charge is -2.49. The highest BCUT2D eigenvalue weighted by atomic mass is 35.5. The fraction of sp³-hybridized carbons (Fsp3) is 0.400. The number of carbonyl (C=O) groups is 5. The molecule has 54 heavy (non-hydrogen) atoms. The summed E-state index contributed by atoms with van der Waals surface area (Å²) in [5, 5.41) is 2.70. The molecule has 5 amide bonds. The second-order valence-electron chi connectivity index (χ2n) is 14.7. The van der Waals surface area contributed by atoms with Crippen molar-refractivity contribution >= 4 is 63.9 Å². The first-order chi connectivity index (χ1) is 26.1. The van der Waals surface area contributed by atoms with E-state index in [1.165, 1.54) is 0 Å². The van der Waals surface area contributed by atoms with Crippen LogP contribution in [-0.2, 0) is 9.59 Å². The fourth-order valence-corrected chi connectivity index (χ4v) is 8.52. The quantitative estimate of drug-likeness (QED) is 0.294. The van der Waals surface area contributed by atoms with Crippen molar-refractivity contribution in [3.05, 3.63) is 93.8 Å². The maximum Gasteiger partial charge on any atom is 0.262 e. The molecular weight excluding hydrogens is 708 g/mol. The Balaban J connectivity index is 0.819. The molecule has 3 aromatic rings. The molecule has 5 aliphatic rings. The Hall–Kier alpha value is -5.45. The van der Waals surface area contributed by atoms with Crippen LogP contribution in [-0.4, -0.2) is 121 Å². The van der Waals surface area contributed by atoms with Gasteiger partial charge in [-0.1, -0.05) is 17.7 Å². The SMILES string of the molecule is [C-]#[N+]c1ccc(N2CCN(c3ccc(C(=O)N4CCN(C5CN(c6ccc7c(c6)C(=O)N(C6CCC(=O)NC6=O)C7=O)C5)CC4)cc3)CC[C@@H]2C)cc1Cl. The van der Waals surface area contributed by atoms with Gasteiger partial charge in [0.25, 0.3) is 17.7 Å². The van der Waals surface area contributed by atoms with Gasteiger partial charge in [-0.15, -0.1) is 0 Å². The maximum atomic E-state index is 13.5. The molecule has 13 nitrogen and oxygen atoms in total. The van der Waals surface area contributed by atoms with Crippen LogP contribution in [0, 0.1) is 6.57 Å². The summed E-state index contributed by atoms with van der Waals surface area (Å²) in [6.07, 6.45) is 1.17. The first kappa shape index (κ1) is 35.6. The Morgan fingerprint density at radius 1 is 0.778 bits per heavy atom. The van der Waals surface area contributed by atoms with E-state index in [1.807, 2.05) is 47.4 Å². The third-order valence-electron chi connectivity index (χ3n) is 11.6. The van der Waals surface area contributed by atoms with Crippen LogP contribution in [0.5, 0.6) is 0 Å². The highest BCUT2D eigenvalue weighted by Crippen LogP contribution is 2.34. The van der Waals surface area contributed by atoms with Crippen molar-refractivity contribution in [1.82, 2.24) is 20.0 Å². The second kappa shape index (κ2) is 14.4. The van der Waals surface area contributed by atoms with Crippen molar-refractivity contribution in [2.24, 2.45) is 0 Å². The minimum atomic E-state index is -0.985. The van der Waals surface area contributed by atoms with Gasteiger partial charge in [0.15, 0.2) is 0 Å². The zero-order valence-corrected chi connectivity index (χ0v) is 30.8. The molecule has 3 aromatic carbocycles. The monoisotopic (exact) mass is 748 g/mol. The molecule has 0 aliphatic carbocycles. The Labute approximate surface area is 318 Å². The minimum Gasteiger partial charge on any atom is -0.370 e. The molecule has 0 aromatic heterocycles. The number of carbonyl (C=O) groups excluding carboxylic acids is 5. The molecule has 4 fully saturated rings. The van der Waals surface area contributed by atoms with Crippen LogP contribution >= 0.6 is 11.6 Å². The number of hydrogen-bond acceptors (Lipinski definition) is 9. The summed E-state index contributed by atoms with van der Waals surface area (Å²) in [5.74, 6) is -1.99. The van der Waals surface area contributed by atoms with Crippen LogP contribution in [0.2, 0.25) is 5.02 Å². The molecule has 4 saturated heterocycles. The smallest absolute Gasteiger partial charge is 0.262 e. The number of piperidine rings is 1. The summed E-state index contributed by atoms with van der Waals surface area (Å²) < 4.78 is 0. The second-order valence-corrected chi connectivity index (χ2v) is 15.1. The van der Waals surface area contributed by atoms with Crippen molar-refractivity contribution in [1.29, 1.82) is 0 Å². The van der Waals surface area contributed by atoms with E-state index < -0.39 is 29.7 Å². The van der Waals surface area contributed by atoms with E-state index in [-0.39, 0.29) is 29.9 Å². The Morgan fingerprint density at radius 2 is 1.48 bits per heavy atom. The molecule has 14 heteroatoms. The van der Waals surface area contributed by atoms with Gasteiger partial charge < -0.3 is 19.6 Å². The number of fused-ring (bicyclic) bond motifs is 1. The van der Waals surface area contributed by atoms with Crippen molar-refractivity contribution in [3.8, 4) is 0 Å². The van der Waals surface area contributed by atoms with E-state index in [2.05, 4.69) is 36.7 Å². The molecule has 0 saturated carbocycles. The largest absolute Gasteiger partial charge is 0.370 e. The molecule has 5 aliphatic heterocycles. The molecule has 0 spiro atoms. The van der Waals surface area contributed by atoms with Gasteiger partial charge in [0.05, 0.1) is 17.7 Å². The summed E-state index contributed by atoms with van der Waals surface area (Å²) in [4.78, 5) is 79.5. The lowest BCUT2D eigenvalue weighted by molar-refractivity contribution is -0.136. The summed E-state index contributed by atoms with van der Waals surface area (Å²) in [6.45, 7) is 16.4. The van der Waals surface area contributed by atoms with E-state index in [0.717, 1.165) is 74.2 Å². The van der Waals surface area contributed by atoms with Crippen LogP contribution in [0.4, 0.5) is 22.7 Å². The van der Waals surface area contributed by atoms with Gasteiger partial charge in [-0.05, 0) is 74.4 Å². The number of imide groups is 2. The molecule has 0 radical (unpaired) electrons.